The van der Waals surface area contributed by atoms with Crippen molar-refractivity contribution in [2.24, 2.45) is 0 Å². The van der Waals surface area contributed by atoms with Crippen molar-refractivity contribution >= 4 is 40.3 Å². The first-order valence-electron chi connectivity index (χ1n) is 8.54. The summed E-state index contributed by atoms with van der Waals surface area (Å²) in [6.45, 7) is 0. The van der Waals surface area contributed by atoms with Gasteiger partial charge in [0.25, 0.3) is 0 Å². The highest BCUT2D eigenvalue weighted by Gasteiger charge is 2.31. The summed E-state index contributed by atoms with van der Waals surface area (Å²) in [7, 11) is 1.57. The zero-order valence-electron chi connectivity index (χ0n) is 14.8. The quantitative estimate of drug-likeness (QED) is 0.314. The summed E-state index contributed by atoms with van der Waals surface area (Å²) < 4.78 is 5.14. The third-order valence-electron chi connectivity index (χ3n) is 4.71. The van der Waals surface area contributed by atoms with Crippen LogP contribution in [0.3, 0.4) is 0 Å². The molecule has 0 bridgehead atoms. The summed E-state index contributed by atoms with van der Waals surface area (Å²) in [5.74, 6) is 0.237. The monoisotopic (exact) mass is 408 g/mol. The highest BCUT2D eigenvalue weighted by Crippen LogP contribution is 2.41. The smallest absolute Gasteiger partial charge is 0.197 e. The van der Waals surface area contributed by atoms with Gasteiger partial charge < -0.3 is 4.74 Å². The van der Waals surface area contributed by atoms with Crippen molar-refractivity contribution < 1.29 is 14.3 Å². The zero-order chi connectivity index (χ0) is 19.8. The van der Waals surface area contributed by atoms with Crippen LogP contribution in [-0.4, -0.2) is 18.7 Å². The minimum atomic E-state index is -0.241. The Kier molecular flexibility index (Phi) is 4.80. The van der Waals surface area contributed by atoms with E-state index in [1.807, 2.05) is 0 Å². The van der Waals surface area contributed by atoms with Crippen molar-refractivity contribution in [1.29, 1.82) is 0 Å². The number of hydrogen-bond donors (Lipinski definition) is 0. The number of ether oxygens (including phenoxy) is 1. The molecule has 0 atom stereocenters. The number of hydrogen-bond acceptors (Lipinski definition) is 3. The van der Waals surface area contributed by atoms with Crippen LogP contribution in [0.4, 0.5) is 0 Å². The minimum absolute atomic E-state index is 0.191. The van der Waals surface area contributed by atoms with E-state index in [2.05, 4.69) is 0 Å². The molecule has 0 saturated carbocycles. The summed E-state index contributed by atoms with van der Waals surface area (Å²) in [4.78, 5) is 25.9. The maximum absolute atomic E-state index is 13.0. The number of allylic oxidation sites excluding steroid dienone is 1. The number of rotatable bonds is 3. The molecule has 0 saturated heterocycles. The van der Waals surface area contributed by atoms with Crippen molar-refractivity contribution in [2.45, 2.75) is 0 Å². The van der Waals surface area contributed by atoms with E-state index in [1.165, 1.54) is 6.08 Å². The molecule has 138 valence electrons. The Bertz CT molecular complexity index is 1090. The third-order valence-corrected chi connectivity index (χ3v) is 5.34. The van der Waals surface area contributed by atoms with E-state index in [0.717, 1.165) is 0 Å². The predicted molar refractivity (Wildman–Crippen MR) is 111 cm³/mol. The fourth-order valence-corrected chi connectivity index (χ4v) is 3.87. The Hall–Kier alpha value is -2.88. The molecule has 0 fully saturated rings. The van der Waals surface area contributed by atoms with Crippen molar-refractivity contribution in [2.75, 3.05) is 7.11 Å². The van der Waals surface area contributed by atoms with Crippen LogP contribution in [0.25, 0.3) is 5.57 Å². The van der Waals surface area contributed by atoms with Crippen LogP contribution >= 0.6 is 23.2 Å². The Morgan fingerprint density at radius 2 is 1.39 bits per heavy atom. The van der Waals surface area contributed by atoms with E-state index < -0.39 is 0 Å². The summed E-state index contributed by atoms with van der Waals surface area (Å²) in [6, 6.07) is 17.3. The van der Waals surface area contributed by atoms with Crippen LogP contribution < -0.4 is 4.74 Å². The molecular weight excluding hydrogens is 395 g/mol. The van der Waals surface area contributed by atoms with Crippen LogP contribution in [0.2, 0.25) is 10.0 Å². The third kappa shape index (κ3) is 3.03. The van der Waals surface area contributed by atoms with E-state index in [0.29, 0.717) is 49.2 Å². The molecule has 0 heterocycles. The molecular formula is C23H14Cl2O3. The lowest BCUT2D eigenvalue weighted by atomic mass is 9.80. The van der Waals surface area contributed by atoms with Gasteiger partial charge in [0.1, 0.15) is 5.75 Å². The lowest BCUT2D eigenvalue weighted by molar-refractivity contribution is 0.103. The fraction of sp³-hybridized carbons (Fsp3) is 0.0435. The number of benzene rings is 3. The summed E-state index contributed by atoms with van der Waals surface area (Å²) in [5.41, 5.74) is 3.09. The van der Waals surface area contributed by atoms with Gasteiger partial charge in [-0.05, 0) is 59.2 Å². The van der Waals surface area contributed by atoms with Crippen LogP contribution in [0.5, 0.6) is 5.75 Å². The summed E-state index contributed by atoms with van der Waals surface area (Å²) in [5, 5.41) is 0.659. The molecule has 0 N–H and O–H groups in total. The van der Waals surface area contributed by atoms with E-state index in [4.69, 9.17) is 27.9 Å². The molecule has 0 amide bonds. The number of carbonyl (C=O) groups is 2. The van der Waals surface area contributed by atoms with Crippen LogP contribution in [0, 0.1) is 0 Å². The normalized spacial score (nSPS) is 12.2. The lowest BCUT2D eigenvalue weighted by Crippen LogP contribution is -2.16. The predicted octanol–water partition coefficient (Wildman–Crippen LogP) is 5.86. The van der Waals surface area contributed by atoms with E-state index >= 15 is 0 Å². The molecule has 5 heteroatoms. The topological polar surface area (TPSA) is 43.4 Å². The first-order valence-corrected chi connectivity index (χ1v) is 9.29. The van der Waals surface area contributed by atoms with Crippen LogP contribution in [0.1, 0.15) is 37.4 Å². The average molecular weight is 409 g/mol. The van der Waals surface area contributed by atoms with Crippen molar-refractivity contribution in [3.8, 4) is 5.75 Å². The van der Waals surface area contributed by atoms with E-state index in [1.54, 1.807) is 67.8 Å². The fourth-order valence-electron chi connectivity index (χ4n) is 3.35. The number of ketones is 2. The van der Waals surface area contributed by atoms with Crippen molar-refractivity contribution in [1.82, 2.24) is 0 Å². The Morgan fingerprint density at radius 3 is 1.89 bits per heavy atom. The van der Waals surface area contributed by atoms with Gasteiger partial charge >= 0.3 is 0 Å². The van der Waals surface area contributed by atoms with Gasteiger partial charge in [0.2, 0.25) is 0 Å². The molecule has 0 unspecified atom stereocenters. The number of fused-ring (bicyclic) bond motifs is 2. The molecule has 0 aromatic heterocycles. The van der Waals surface area contributed by atoms with Gasteiger partial charge in [-0.1, -0.05) is 47.5 Å². The molecule has 0 radical (unpaired) electrons. The zero-order valence-corrected chi connectivity index (χ0v) is 16.3. The molecule has 4 rings (SSSR count). The highest BCUT2D eigenvalue weighted by molar-refractivity contribution is 6.40. The SMILES string of the molecule is COc1ccc(C(=O)C=C2c3cccc(Cl)c3C(=O)c3c(Cl)cccc32)cc1. The first-order chi connectivity index (χ1) is 13.5. The standard InChI is InChI=1S/C23H14Cl2O3/c1-28-14-10-8-13(9-11-14)20(26)12-17-15-4-2-6-18(24)21(15)23(27)22-16(17)5-3-7-19(22)25/h2-12H,1H3. The molecule has 1 aliphatic rings. The van der Waals surface area contributed by atoms with Gasteiger partial charge in [-0.3, -0.25) is 9.59 Å². The second kappa shape index (κ2) is 7.27. The van der Waals surface area contributed by atoms with Crippen molar-refractivity contribution in [3.05, 3.63) is 105 Å². The molecule has 3 nitrogen and oxygen atoms in total. The Morgan fingerprint density at radius 1 is 0.857 bits per heavy atom. The number of methoxy groups -OCH3 is 1. The van der Waals surface area contributed by atoms with Gasteiger partial charge in [0, 0.05) is 16.7 Å². The lowest BCUT2D eigenvalue weighted by Gasteiger charge is -2.23. The van der Waals surface area contributed by atoms with Crippen molar-refractivity contribution in [3.63, 3.8) is 0 Å². The Labute approximate surface area is 172 Å². The van der Waals surface area contributed by atoms with E-state index in [9.17, 15) is 9.59 Å². The molecule has 1 aliphatic carbocycles. The van der Waals surface area contributed by atoms with Crippen LogP contribution in [0.15, 0.2) is 66.7 Å². The van der Waals surface area contributed by atoms with E-state index in [-0.39, 0.29) is 11.6 Å². The average Bonchev–Trinajstić information content (AvgIpc) is 2.70. The van der Waals surface area contributed by atoms with Crippen LogP contribution in [-0.2, 0) is 0 Å². The largest absolute Gasteiger partial charge is 0.497 e. The second-order valence-electron chi connectivity index (χ2n) is 6.30. The summed E-state index contributed by atoms with van der Waals surface area (Å²) in [6.07, 6.45) is 1.53. The highest BCUT2D eigenvalue weighted by atomic mass is 35.5. The minimum Gasteiger partial charge on any atom is -0.497 e. The Balaban J connectivity index is 1.91. The molecule has 28 heavy (non-hydrogen) atoms. The molecule has 0 spiro atoms. The van der Waals surface area contributed by atoms with Gasteiger partial charge in [0.15, 0.2) is 11.6 Å². The van der Waals surface area contributed by atoms with Gasteiger partial charge in [-0.2, -0.15) is 0 Å². The van der Waals surface area contributed by atoms with Gasteiger partial charge in [-0.25, -0.2) is 0 Å². The maximum atomic E-state index is 13.0. The van der Waals surface area contributed by atoms with Gasteiger partial charge in [-0.15, -0.1) is 0 Å². The molecule has 3 aromatic rings. The maximum Gasteiger partial charge on any atom is 0.197 e. The number of carbonyl (C=O) groups excluding carboxylic acids is 2. The summed E-state index contributed by atoms with van der Waals surface area (Å²) >= 11 is 12.6. The first kappa shape index (κ1) is 18.5. The van der Waals surface area contributed by atoms with Gasteiger partial charge in [0.05, 0.1) is 17.2 Å². The molecule has 0 aliphatic heterocycles. The number of halogens is 2. The second-order valence-corrected chi connectivity index (χ2v) is 7.12. The molecule has 3 aromatic carbocycles.